The molecular weight excluding hydrogens is 517 g/mol. The first-order chi connectivity index (χ1) is 15.5. The normalized spacial score (nSPS) is 11.1. The minimum absolute atomic E-state index is 0.136. The van der Waals surface area contributed by atoms with Gasteiger partial charge in [0.1, 0.15) is 11.3 Å². The van der Waals surface area contributed by atoms with Crippen LogP contribution in [0.3, 0.4) is 0 Å². The second kappa shape index (κ2) is 8.43. The Labute approximate surface area is 200 Å². The molecule has 3 heterocycles. The highest BCUT2D eigenvalue weighted by molar-refractivity contribution is 9.10. The maximum Gasteiger partial charge on any atom is 0.291 e. The van der Waals surface area contributed by atoms with Gasteiger partial charge in [-0.3, -0.25) is 9.78 Å². The molecule has 0 saturated heterocycles. The average molecular weight is 529 g/mol. The summed E-state index contributed by atoms with van der Waals surface area (Å²) in [6, 6.07) is 15.3. The first kappa shape index (κ1) is 20.8. The Morgan fingerprint density at radius 2 is 1.84 bits per heavy atom. The van der Waals surface area contributed by atoms with Crippen molar-refractivity contribution in [3.8, 4) is 22.8 Å². The summed E-state index contributed by atoms with van der Waals surface area (Å²) in [5, 5.41) is 3.80. The van der Waals surface area contributed by atoms with E-state index in [9.17, 15) is 4.79 Å². The number of nitrogens with zero attached hydrogens (tertiary/aromatic N) is 2. The third-order valence-electron chi connectivity index (χ3n) is 4.62. The molecule has 158 valence electrons. The molecule has 0 radical (unpaired) electrons. The first-order valence-corrected chi connectivity index (χ1v) is 10.9. The monoisotopic (exact) mass is 527 g/mol. The Morgan fingerprint density at radius 1 is 0.969 bits per heavy atom. The predicted octanol–water partition coefficient (Wildman–Crippen LogP) is 7.47. The second-order valence-electron chi connectivity index (χ2n) is 6.84. The van der Waals surface area contributed by atoms with Gasteiger partial charge in [0.15, 0.2) is 11.3 Å². The van der Waals surface area contributed by atoms with Crippen LogP contribution in [0.5, 0.6) is 0 Å². The van der Waals surface area contributed by atoms with Crippen molar-refractivity contribution in [2.45, 2.75) is 0 Å². The zero-order chi connectivity index (χ0) is 22.2. The zero-order valence-electron chi connectivity index (χ0n) is 16.1. The number of aromatic nitrogens is 2. The van der Waals surface area contributed by atoms with Crippen LogP contribution in [-0.2, 0) is 0 Å². The molecule has 5 aromatic rings. The lowest BCUT2D eigenvalue weighted by molar-refractivity contribution is 0.0997. The number of anilines is 1. The third kappa shape index (κ3) is 4.14. The first-order valence-electron chi connectivity index (χ1n) is 9.34. The van der Waals surface area contributed by atoms with Gasteiger partial charge in [-0.1, -0.05) is 23.2 Å². The predicted molar refractivity (Wildman–Crippen MR) is 127 cm³/mol. The minimum atomic E-state index is -0.409. The summed E-state index contributed by atoms with van der Waals surface area (Å²) in [7, 11) is 0. The number of carbonyl (C=O) groups is 1. The molecule has 0 atom stereocenters. The van der Waals surface area contributed by atoms with Gasteiger partial charge in [0, 0.05) is 33.1 Å². The summed E-state index contributed by atoms with van der Waals surface area (Å²) in [4.78, 5) is 21.3. The fourth-order valence-electron chi connectivity index (χ4n) is 3.14. The van der Waals surface area contributed by atoms with Crippen molar-refractivity contribution in [2.75, 3.05) is 5.32 Å². The average Bonchev–Trinajstić information content (AvgIpc) is 3.42. The van der Waals surface area contributed by atoms with Crippen LogP contribution in [-0.4, -0.2) is 15.9 Å². The molecule has 5 rings (SSSR count). The van der Waals surface area contributed by atoms with Crippen LogP contribution >= 0.6 is 39.1 Å². The maximum atomic E-state index is 12.7. The van der Waals surface area contributed by atoms with Crippen molar-refractivity contribution in [1.29, 1.82) is 0 Å². The molecule has 0 aliphatic heterocycles. The highest BCUT2D eigenvalue weighted by atomic mass is 79.9. The van der Waals surface area contributed by atoms with Crippen LogP contribution in [0.15, 0.2) is 80.3 Å². The highest BCUT2D eigenvalue weighted by Crippen LogP contribution is 2.32. The topological polar surface area (TPSA) is 81.2 Å². The van der Waals surface area contributed by atoms with Crippen LogP contribution in [0.25, 0.3) is 33.9 Å². The van der Waals surface area contributed by atoms with Crippen molar-refractivity contribution >= 4 is 61.8 Å². The summed E-state index contributed by atoms with van der Waals surface area (Å²) in [5.41, 5.74) is 3.09. The molecule has 0 fully saturated rings. The van der Waals surface area contributed by atoms with E-state index in [1.807, 2.05) is 6.07 Å². The second-order valence-corrected chi connectivity index (χ2v) is 8.59. The van der Waals surface area contributed by atoms with E-state index in [0.717, 1.165) is 10.0 Å². The number of pyridine rings is 1. The Hall–Kier alpha value is -3.13. The Kier molecular flexibility index (Phi) is 5.46. The number of oxazole rings is 1. The number of furan rings is 1. The Bertz CT molecular complexity index is 1480. The number of rotatable bonds is 4. The summed E-state index contributed by atoms with van der Waals surface area (Å²) < 4.78 is 12.3. The number of benzene rings is 2. The van der Waals surface area contributed by atoms with E-state index in [4.69, 9.17) is 32.0 Å². The quantitative estimate of drug-likeness (QED) is 0.261. The van der Waals surface area contributed by atoms with Crippen molar-refractivity contribution in [3.63, 3.8) is 0 Å². The number of hydrogen-bond acceptors (Lipinski definition) is 5. The molecule has 32 heavy (non-hydrogen) atoms. The number of carbonyl (C=O) groups excluding carboxylic acids is 1. The van der Waals surface area contributed by atoms with Crippen LogP contribution in [0.4, 0.5) is 5.69 Å². The number of amides is 1. The van der Waals surface area contributed by atoms with Crippen molar-refractivity contribution in [3.05, 3.63) is 87.3 Å². The van der Waals surface area contributed by atoms with E-state index < -0.39 is 5.91 Å². The fourth-order valence-corrected chi connectivity index (χ4v) is 3.89. The van der Waals surface area contributed by atoms with Gasteiger partial charge < -0.3 is 14.2 Å². The molecule has 3 aromatic heterocycles. The SMILES string of the molecule is O=C(Nc1ccc2oc(-c3cncc(Br)c3)nc2c1)c1ccc(-c2cc(Cl)ccc2Cl)o1. The Balaban J connectivity index is 1.38. The van der Waals surface area contributed by atoms with E-state index in [1.54, 1.807) is 60.9 Å². The van der Waals surface area contributed by atoms with E-state index >= 15 is 0 Å². The van der Waals surface area contributed by atoms with E-state index in [-0.39, 0.29) is 5.76 Å². The Morgan fingerprint density at radius 3 is 2.69 bits per heavy atom. The lowest BCUT2D eigenvalue weighted by atomic mass is 10.2. The molecule has 1 N–H and O–H groups in total. The molecule has 0 saturated carbocycles. The molecule has 0 aliphatic rings. The summed E-state index contributed by atoms with van der Waals surface area (Å²) in [5.74, 6) is 0.610. The fraction of sp³-hybridized carbons (Fsp3) is 0. The van der Waals surface area contributed by atoms with Gasteiger partial charge in [-0.25, -0.2) is 4.98 Å². The lowest BCUT2D eigenvalue weighted by Crippen LogP contribution is -2.10. The molecule has 2 aromatic carbocycles. The standard InChI is InChI=1S/C23H12BrCl2N3O3/c24-13-7-12(10-27-11-13)23-29-18-9-15(2-4-20(18)32-23)28-22(30)21-6-5-19(31-21)16-8-14(25)1-3-17(16)26/h1-11H,(H,28,30). The molecule has 6 nitrogen and oxygen atoms in total. The van der Waals surface area contributed by atoms with E-state index in [1.165, 1.54) is 0 Å². The van der Waals surface area contributed by atoms with Gasteiger partial charge in [-0.15, -0.1) is 0 Å². The van der Waals surface area contributed by atoms with Gasteiger partial charge in [0.05, 0.1) is 10.6 Å². The minimum Gasteiger partial charge on any atom is -0.451 e. The number of halogens is 3. The van der Waals surface area contributed by atoms with E-state index in [2.05, 4.69) is 31.2 Å². The molecule has 0 spiro atoms. The van der Waals surface area contributed by atoms with Crippen molar-refractivity contribution in [2.24, 2.45) is 0 Å². The maximum absolute atomic E-state index is 12.7. The number of nitrogens with one attached hydrogen (secondary N) is 1. The summed E-state index contributed by atoms with van der Waals surface area (Å²) in [6.45, 7) is 0. The van der Waals surface area contributed by atoms with Crippen LogP contribution in [0.2, 0.25) is 10.0 Å². The van der Waals surface area contributed by atoms with E-state index in [0.29, 0.717) is 44.0 Å². The molecular formula is C23H12BrCl2N3O3. The highest BCUT2D eigenvalue weighted by Gasteiger charge is 2.16. The van der Waals surface area contributed by atoms with Crippen LogP contribution < -0.4 is 5.32 Å². The summed E-state index contributed by atoms with van der Waals surface area (Å²) in [6.07, 6.45) is 3.35. The smallest absolute Gasteiger partial charge is 0.291 e. The largest absolute Gasteiger partial charge is 0.451 e. The van der Waals surface area contributed by atoms with Crippen LogP contribution in [0, 0.1) is 0 Å². The zero-order valence-corrected chi connectivity index (χ0v) is 19.2. The molecule has 0 aliphatic carbocycles. The van der Waals surface area contributed by atoms with Crippen LogP contribution in [0.1, 0.15) is 10.6 Å². The number of fused-ring (bicyclic) bond motifs is 1. The van der Waals surface area contributed by atoms with Gasteiger partial charge >= 0.3 is 0 Å². The lowest BCUT2D eigenvalue weighted by Gasteiger charge is -2.03. The van der Waals surface area contributed by atoms with Crippen molar-refractivity contribution < 1.29 is 13.6 Å². The molecule has 1 amide bonds. The third-order valence-corrected chi connectivity index (χ3v) is 5.62. The van der Waals surface area contributed by atoms with Gasteiger partial charge in [-0.05, 0) is 70.5 Å². The van der Waals surface area contributed by atoms with Gasteiger partial charge in [0.25, 0.3) is 5.91 Å². The molecule has 0 unspecified atom stereocenters. The molecule has 0 bridgehead atoms. The molecule has 9 heteroatoms. The van der Waals surface area contributed by atoms with Gasteiger partial charge in [0.2, 0.25) is 5.89 Å². The van der Waals surface area contributed by atoms with Gasteiger partial charge in [-0.2, -0.15) is 0 Å². The number of hydrogen-bond donors (Lipinski definition) is 1. The van der Waals surface area contributed by atoms with Crippen molar-refractivity contribution in [1.82, 2.24) is 9.97 Å². The summed E-state index contributed by atoms with van der Waals surface area (Å²) >= 11 is 15.6.